The van der Waals surface area contributed by atoms with Gasteiger partial charge in [-0.05, 0) is 67.3 Å². The standard InChI is InChI=1S/C26H26N4O4/c1-17-11-12-19(3)23(13-17)28-24(31)16-34-21-9-6-8-20(14-21)15-27-30-26(33)25(32)29-22-10-5-4-7-18(22)2/h4-15H,16H2,1-3H3,(H,28,31)(H,29,32)(H,30,33)/b27-15-. The van der Waals surface area contributed by atoms with Crippen LogP contribution in [0, 0.1) is 20.8 Å². The molecule has 0 radical (unpaired) electrons. The Kier molecular flexibility index (Phi) is 8.12. The zero-order valence-electron chi connectivity index (χ0n) is 19.2. The number of anilines is 2. The lowest BCUT2D eigenvalue weighted by Crippen LogP contribution is -2.32. The van der Waals surface area contributed by atoms with Gasteiger partial charge in [-0.1, -0.05) is 42.5 Å². The van der Waals surface area contributed by atoms with Crippen molar-refractivity contribution in [3.63, 3.8) is 0 Å². The second kappa shape index (κ2) is 11.4. The number of hydrogen-bond donors (Lipinski definition) is 3. The Labute approximate surface area is 198 Å². The lowest BCUT2D eigenvalue weighted by molar-refractivity contribution is -0.136. The molecule has 0 saturated heterocycles. The minimum absolute atomic E-state index is 0.163. The van der Waals surface area contributed by atoms with Crippen LogP contribution in [0.15, 0.2) is 71.8 Å². The van der Waals surface area contributed by atoms with Crippen LogP contribution in [0.1, 0.15) is 22.3 Å². The fraction of sp³-hybridized carbons (Fsp3) is 0.154. The first-order valence-corrected chi connectivity index (χ1v) is 10.6. The molecule has 3 rings (SSSR count). The van der Waals surface area contributed by atoms with Gasteiger partial charge in [0.05, 0.1) is 6.21 Å². The lowest BCUT2D eigenvalue weighted by Gasteiger charge is -2.10. The lowest BCUT2D eigenvalue weighted by atomic mass is 10.1. The van der Waals surface area contributed by atoms with Crippen molar-refractivity contribution >= 4 is 35.3 Å². The highest BCUT2D eigenvalue weighted by Gasteiger charge is 2.13. The highest BCUT2D eigenvalue weighted by Crippen LogP contribution is 2.17. The van der Waals surface area contributed by atoms with Crippen molar-refractivity contribution in [2.75, 3.05) is 17.2 Å². The zero-order valence-corrected chi connectivity index (χ0v) is 19.2. The number of nitrogens with zero attached hydrogens (tertiary/aromatic N) is 1. The molecule has 0 heterocycles. The van der Waals surface area contributed by atoms with E-state index in [0.29, 0.717) is 17.0 Å². The number of aryl methyl sites for hydroxylation is 3. The maximum Gasteiger partial charge on any atom is 0.329 e. The molecule has 8 heteroatoms. The monoisotopic (exact) mass is 458 g/mol. The Hall–Kier alpha value is -4.46. The molecule has 0 spiro atoms. The molecule has 0 bridgehead atoms. The minimum atomic E-state index is -0.893. The first-order valence-electron chi connectivity index (χ1n) is 10.6. The van der Waals surface area contributed by atoms with Crippen molar-refractivity contribution in [2.45, 2.75) is 20.8 Å². The van der Waals surface area contributed by atoms with E-state index in [1.807, 2.05) is 51.1 Å². The number of ether oxygens (including phenoxy) is 1. The average molecular weight is 459 g/mol. The molecular formula is C26H26N4O4. The number of carbonyl (C=O) groups is 3. The minimum Gasteiger partial charge on any atom is -0.484 e. The Bertz CT molecular complexity index is 1240. The fourth-order valence-electron chi connectivity index (χ4n) is 3.00. The molecule has 0 unspecified atom stereocenters. The third-order valence-corrected chi connectivity index (χ3v) is 4.87. The normalized spacial score (nSPS) is 10.6. The molecule has 3 N–H and O–H groups in total. The SMILES string of the molecule is Cc1ccc(C)c(NC(=O)COc2cccc(/C=N\NC(=O)C(=O)Nc3ccccc3C)c2)c1. The topological polar surface area (TPSA) is 109 Å². The van der Waals surface area contributed by atoms with Gasteiger partial charge in [-0.2, -0.15) is 5.10 Å². The number of benzene rings is 3. The molecule has 0 fully saturated rings. The van der Waals surface area contributed by atoms with Gasteiger partial charge in [0, 0.05) is 11.4 Å². The van der Waals surface area contributed by atoms with Gasteiger partial charge in [0.2, 0.25) is 0 Å². The highest BCUT2D eigenvalue weighted by atomic mass is 16.5. The van der Waals surface area contributed by atoms with E-state index in [-0.39, 0.29) is 12.5 Å². The Balaban J connectivity index is 1.50. The van der Waals surface area contributed by atoms with Gasteiger partial charge >= 0.3 is 11.8 Å². The van der Waals surface area contributed by atoms with Crippen molar-refractivity contribution in [3.8, 4) is 5.75 Å². The smallest absolute Gasteiger partial charge is 0.329 e. The van der Waals surface area contributed by atoms with E-state index < -0.39 is 11.8 Å². The van der Waals surface area contributed by atoms with Crippen LogP contribution in [0.5, 0.6) is 5.75 Å². The number of hydrazone groups is 1. The van der Waals surface area contributed by atoms with Crippen LogP contribution in [-0.4, -0.2) is 30.5 Å². The molecule has 0 atom stereocenters. The third-order valence-electron chi connectivity index (χ3n) is 4.87. The van der Waals surface area contributed by atoms with Crippen LogP contribution in [-0.2, 0) is 14.4 Å². The van der Waals surface area contributed by atoms with Crippen LogP contribution < -0.4 is 20.8 Å². The van der Waals surface area contributed by atoms with Crippen molar-refractivity contribution in [1.29, 1.82) is 0 Å². The maximum atomic E-state index is 12.2. The summed E-state index contributed by atoms with van der Waals surface area (Å²) in [6.07, 6.45) is 1.38. The van der Waals surface area contributed by atoms with Crippen molar-refractivity contribution in [2.24, 2.45) is 5.10 Å². The van der Waals surface area contributed by atoms with Crippen LogP contribution in [0.2, 0.25) is 0 Å². The number of carbonyl (C=O) groups excluding carboxylic acids is 3. The molecule has 3 aromatic rings. The summed E-state index contributed by atoms with van der Waals surface area (Å²) in [5.74, 6) is -1.53. The molecule has 0 saturated carbocycles. The summed E-state index contributed by atoms with van der Waals surface area (Å²) in [6.45, 7) is 5.54. The van der Waals surface area contributed by atoms with E-state index in [0.717, 1.165) is 22.4 Å². The van der Waals surface area contributed by atoms with Crippen LogP contribution in [0.4, 0.5) is 11.4 Å². The largest absolute Gasteiger partial charge is 0.484 e. The molecule has 3 aromatic carbocycles. The van der Waals surface area contributed by atoms with Crippen molar-refractivity contribution in [3.05, 3.63) is 89.0 Å². The molecule has 0 aliphatic carbocycles. The number of para-hydroxylation sites is 1. The predicted molar refractivity (Wildman–Crippen MR) is 132 cm³/mol. The molecule has 0 aromatic heterocycles. The second-order valence-corrected chi connectivity index (χ2v) is 7.70. The summed E-state index contributed by atoms with van der Waals surface area (Å²) in [6, 6.07) is 19.8. The van der Waals surface area contributed by atoms with E-state index in [2.05, 4.69) is 21.2 Å². The molecule has 174 valence electrons. The molecule has 0 aliphatic rings. The molecular weight excluding hydrogens is 432 g/mol. The van der Waals surface area contributed by atoms with Gasteiger partial charge in [0.15, 0.2) is 6.61 Å². The van der Waals surface area contributed by atoms with E-state index in [1.54, 1.807) is 36.4 Å². The van der Waals surface area contributed by atoms with Crippen LogP contribution in [0.25, 0.3) is 0 Å². The van der Waals surface area contributed by atoms with Gasteiger partial charge in [0.25, 0.3) is 5.91 Å². The second-order valence-electron chi connectivity index (χ2n) is 7.70. The third kappa shape index (κ3) is 7.03. The number of nitrogens with one attached hydrogen (secondary N) is 3. The maximum absolute atomic E-state index is 12.2. The molecule has 3 amide bonds. The summed E-state index contributed by atoms with van der Waals surface area (Å²) in [4.78, 5) is 36.3. The summed E-state index contributed by atoms with van der Waals surface area (Å²) in [5.41, 5.74) is 6.96. The van der Waals surface area contributed by atoms with Gasteiger partial charge in [0.1, 0.15) is 5.75 Å². The first-order chi connectivity index (χ1) is 16.3. The van der Waals surface area contributed by atoms with Gasteiger partial charge in [-0.3, -0.25) is 14.4 Å². The summed E-state index contributed by atoms with van der Waals surface area (Å²) in [7, 11) is 0. The molecule has 34 heavy (non-hydrogen) atoms. The van der Waals surface area contributed by atoms with Crippen molar-refractivity contribution < 1.29 is 19.1 Å². The number of amides is 3. The summed E-state index contributed by atoms with van der Waals surface area (Å²) < 4.78 is 5.57. The Morgan fingerprint density at radius 1 is 0.824 bits per heavy atom. The number of rotatable bonds is 7. The number of hydrogen-bond acceptors (Lipinski definition) is 5. The van der Waals surface area contributed by atoms with Gasteiger partial charge in [-0.15, -0.1) is 0 Å². The zero-order chi connectivity index (χ0) is 24.5. The van der Waals surface area contributed by atoms with E-state index >= 15 is 0 Å². The molecule has 8 nitrogen and oxygen atoms in total. The molecule has 0 aliphatic heterocycles. The Morgan fingerprint density at radius 2 is 1.59 bits per heavy atom. The van der Waals surface area contributed by atoms with Crippen molar-refractivity contribution in [1.82, 2.24) is 5.43 Å². The quantitative estimate of drug-likeness (QED) is 0.285. The van der Waals surface area contributed by atoms with E-state index in [9.17, 15) is 14.4 Å². The summed E-state index contributed by atoms with van der Waals surface area (Å²) in [5, 5.41) is 9.19. The van der Waals surface area contributed by atoms with Crippen LogP contribution in [0.3, 0.4) is 0 Å². The predicted octanol–water partition coefficient (Wildman–Crippen LogP) is 3.72. The van der Waals surface area contributed by atoms with Gasteiger partial charge < -0.3 is 15.4 Å². The van der Waals surface area contributed by atoms with Crippen LogP contribution >= 0.6 is 0 Å². The van der Waals surface area contributed by atoms with E-state index in [4.69, 9.17) is 4.74 Å². The average Bonchev–Trinajstić information content (AvgIpc) is 2.82. The van der Waals surface area contributed by atoms with Gasteiger partial charge in [-0.25, -0.2) is 5.43 Å². The Morgan fingerprint density at radius 3 is 2.38 bits per heavy atom. The fourth-order valence-corrected chi connectivity index (χ4v) is 3.00. The first kappa shape index (κ1) is 24.2. The summed E-state index contributed by atoms with van der Waals surface area (Å²) >= 11 is 0. The van der Waals surface area contributed by atoms with E-state index in [1.165, 1.54) is 6.21 Å². The highest BCUT2D eigenvalue weighted by molar-refractivity contribution is 6.39.